The molecule has 6 nitrogen and oxygen atoms in total. The molecule has 4 heterocycles. The Morgan fingerprint density at radius 1 is 0.492 bits per heavy atom. The maximum atomic E-state index is 7.08. The highest BCUT2D eigenvalue weighted by atomic mass is 16.3. The lowest BCUT2D eigenvalue weighted by molar-refractivity contribution is 0.666. The van der Waals surface area contributed by atoms with Gasteiger partial charge >= 0.3 is 0 Å². The van der Waals surface area contributed by atoms with Crippen molar-refractivity contribution in [2.75, 3.05) is 14.7 Å². The van der Waals surface area contributed by atoms with Crippen LogP contribution >= 0.6 is 0 Å². The molecular formula is C59H40N4O2. The van der Waals surface area contributed by atoms with Crippen molar-refractivity contribution >= 4 is 95.1 Å². The minimum absolute atomic E-state index is 0.0731. The monoisotopic (exact) mass is 836 g/mol. The molecule has 0 amide bonds. The third-order valence-electron chi connectivity index (χ3n) is 12.9. The van der Waals surface area contributed by atoms with Gasteiger partial charge in [-0.25, -0.2) is 4.98 Å². The zero-order valence-corrected chi connectivity index (χ0v) is 35.3. The maximum absolute atomic E-state index is 7.08. The predicted molar refractivity (Wildman–Crippen MR) is 268 cm³/mol. The van der Waals surface area contributed by atoms with E-state index in [1.165, 1.54) is 5.57 Å². The van der Waals surface area contributed by atoms with Crippen LogP contribution in [0.5, 0.6) is 0 Å². The Morgan fingerprint density at radius 3 is 1.78 bits per heavy atom. The molecule has 1 aliphatic carbocycles. The molecule has 0 radical (unpaired) electrons. The first-order valence-electron chi connectivity index (χ1n) is 22.1. The van der Waals surface area contributed by atoms with E-state index in [0.29, 0.717) is 0 Å². The summed E-state index contributed by atoms with van der Waals surface area (Å²) in [5.41, 5.74) is 15.1. The first-order chi connectivity index (χ1) is 32.3. The largest absolute Gasteiger partial charge is 0.456 e. The number of anilines is 8. The molecule has 1 atom stereocenters. The molecule has 3 aromatic heterocycles. The third kappa shape index (κ3) is 5.99. The fourth-order valence-electron chi connectivity index (χ4n) is 10.2. The van der Waals surface area contributed by atoms with Crippen molar-refractivity contribution in [3.8, 4) is 11.1 Å². The minimum atomic E-state index is 0.0731. The van der Waals surface area contributed by atoms with Gasteiger partial charge in [-0.1, -0.05) is 121 Å². The zero-order chi connectivity index (χ0) is 42.8. The van der Waals surface area contributed by atoms with E-state index in [1.807, 2.05) is 24.4 Å². The summed E-state index contributed by atoms with van der Waals surface area (Å²) in [6.07, 6.45) is 9.45. The summed E-state index contributed by atoms with van der Waals surface area (Å²) in [6, 6.07) is 70.8. The quantitative estimate of drug-likeness (QED) is 0.152. The van der Waals surface area contributed by atoms with Gasteiger partial charge in [0, 0.05) is 56.4 Å². The van der Waals surface area contributed by atoms with Gasteiger partial charge in [0.15, 0.2) is 5.58 Å². The van der Waals surface area contributed by atoms with Gasteiger partial charge in [-0.3, -0.25) is 0 Å². The number of allylic oxidation sites excluding steroid dienone is 2. The van der Waals surface area contributed by atoms with E-state index in [1.54, 1.807) is 0 Å². The summed E-state index contributed by atoms with van der Waals surface area (Å²) in [4.78, 5) is 12.1. The van der Waals surface area contributed by atoms with Crippen LogP contribution in [-0.2, 0) is 0 Å². The molecule has 0 fully saturated rings. The van der Waals surface area contributed by atoms with Crippen molar-refractivity contribution < 1.29 is 8.83 Å². The van der Waals surface area contributed by atoms with Crippen LogP contribution < -0.4 is 14.7 Å². The average Bonchev–Trinajstić information content (AvgIpc) is 4.06. The predicted octanol–water partition coefficient (Wildman–Crippen LogP) is 16.4. The summed E-state index contributed by atoms with van der Waals surface area (Å²) in [5, 5.41) is 4.25. The number of rotatable bonds is 8. The fourth-order valence-corrected chi connectivity index (χ4v) is 10.2. The van der Waals surface area contributed by atoms with Gasteiger partial charge in [-0.05, 0) is 120 Å². The summed E-state index contributed by atoms with van der Waals surface area (Å²) in [7, 11) is 0. The highest BCUT2D eigenvalue weighted by molar-refractivity contribution is 6.20. The molecule has 0 bridgehead atoms. The highest BCUT2D eigenvalue weighted by Crippen LogP contribution is 2.55. The SMILES string of the molecule is C1=CCC2C(=C1)c1cc(-c3cc(N(c4ccccc4)c4ccccc4)cc(N(c4ccccc4)c4cccc5oc6ccccc6c45)c3)c3c(oc4ccccc43)c1N2c1ccccn1. The number of hydrogen-bond donors (Lipinski definition) is 0. The van der Waals surface area contributed by atoms with E-state index in [2.05, 4.69) is 215 Å². The highest BCUT2D eigenvalue weighted by Gasteiger charge is 2.39. The molecule has 11 aromatic rings. The lowest BCUT2D eigenvalue weighted by Gasteiger charge is -2.30. The molecule has 0 saturated carbocycles. The zero-order valence-electron chi connectivity index (χ0n) is 35.3. The van der Waals surface area contributed by atoms with E-state index < -0.39 is 0 Å². The van der Waals surface area contributed by atoms with E-state index in [-0.39, 0.29) is 6.04 Å². The number of para-hydroxylation sites is 5. The van der Waals surface area contributed by atoms with Gasteiger partial charge in [-0.15, -0.1) is 0 Å². The second kappa shape index (κ2) is 15.0. The number of nitrogens with zero attached hydrogens (tertiary/aromatic N) is 4. The van der Waals surface area contributed by atoms with Crippen LogP contribution in [0.25, 0.3) is 60.6 Å². The second-order valence-electron chi connectivity index (χ2n) is 16.6. The second-order valence-corrected chi connectivity index (χ2v) is 16.6. The lowest BCUT2D eigenvalue weighted by atomic mass is 9.91. The van der Waals surface area contributed by atoms with Crippen LogP contribution in [0, 0.1) is 0 Å². The molecule has 0 N–H and O–H groups in total. The Balaban J connectivity index is 1.15. The number of furan rings is 2. The van der Waals surface area contributed by atoms with E-state index in [9.17, 15) is 0 Å². The van der Waals surface area contributed by atoms with Gasteiger partial charge in [0.05, 0.1) is 22.8 Å². The van der Waals surface area contributed by atoms with Crippen molar-refractivity contribution in [3.63, 3.8) is 0 Å². The molecule has 0 saturated heterocycles. The number of pyridine rings is 1. The lowest BCUT2D eigenvalue weighted by Crippen LogP contribution is -2.27. The molecule has 2 aliphatic rings. The van der Waals surface area contributed by atoms with Crippen LogP contribution in [0.1, 0.15) is 12.0 Å². The summed E-state index contributed by atoms with van der Waals surface area (Å²) >= 11 is 0. The molecule has 1 unspecified atom stereocenters. The molecule has 6 heteroatoms. The van der Waals surface area contributed by atoms with Gasteiger partial charge in [0.2, 0.25) is 0 Å². The van der Waals surface area contributed by atoms with Crippen LogP contribution in [0.4, 0.5) is 45.6 Å². The Morgan fingerprint density at radius 2 is 1.09 bits per heavy atom. The normalized spacial score (nSPS) is 14.2. The number of hydrogen-bond acceptors (Lipinski definition) is 6. The van der Waals surface area contributed by atoms with E-state index in [0.717, 1.165) is 113 Å². The van der Waals surface area contributed by atoms with Crippen molar-refractivity contribution in [1.82, 2.24) is 4.98 Å². The van der Waals surface area contributed by atoms with Crippen LogP contribution in [0.3, 0.4) is 0 Å². The van der Waals surface area contributed by atoms with Gasteiger partial charge in [-0.2, -0.15) is 0 Å². The topological polar surface area (TPSA) is 48.9 Å². The molecule has 65 heavy (non-hydrogen) atoms. The van der Waals surface area contributed by atoms with Crippen molar-refractivity contribution in [2.45, 2.75) is 12.5 Å². The van der Waals surface area contributed by atoms with E-state index >= 15 is 0 Å². The Hall–Kier alpha value is -8.61. The standard InChI is InChI=1S/C59H40N4O2/c1-4-19-40(20-5-1)61(41-21-6-2-7-22-41)43-35-39(36-44(37-43)62(42-23-8-3-9-24-42)51-29-18-32-54-57(51)47-27-12-14-30-52(47)64-54)48-38-49-45-25-10-13-28-50(45)63(55-33-16-17-34-60-55)58(49)59-56(48)46-26-11-15-31-53(46)65-59/h1-27,29-38,50H,28H2. The Bertz CT molecular complexity index is 3610. The average molecular weight is 837 g/mol. The summed E-state index contributed by atoms with van der Waals surface area (Å²) in [5.74, 6) is 0.900. The van der Waals surface area contributed by atoms with Crippen molar-refractivity contribution in [3.05, 3.63) is 230 Å². The van der Waals surface area contributed by atoms with Gasteiger partial charge < -0.3 is 23.5 Å². The van der Waals surface area contributed by atoms with Gasteiger partial charge in [0.1, 0.15) is 22.6 Å². The first kappa shape index (κ1) is 37.0. The summed E-state index contributed by atoms with van der Waals surface area (Å²) < 4.78 is 13.6. The van der Waals surface area contributed by atoms with Crippen molar-refractivity contribution in [2.24, 2.45) is 0 Å². The fraction of sp³-hybridized carbons (Fsp3) is 0.0339. The smallest absolute Gasteiger partial charge is 0.160 e. The molecule has 1 aliphatic heterocycles. The summed E-state index contributed by atoms with van der Waals surface area (Å²) in [6.45, 7) is 0. The van der Waals surface area contributed by atoms with E-state index in [4.69, 9.17) is 13.8 Å². The maximum Gasteiger partial charge on any atom is 0.160 e. The van der Waals surface area contributed by atoms with Gasteiger partial charge in [0.25, 0.3) is 0 Å². The van der Waals surface area contributed by atoms with Crippen LogP contribution in [0.2, 0.25) is 0 Å². The number of aromatic nitrogens is 1. The first-order valence-corrected chi connectivity index (χ1v) is 22.1. The number of benzene rings is 8. The Kier molecular flexibility index (Phi) is 8.56. The molecular weight excluding hydrogens is 797 g/mol. The molecule has 13 rings (SSSR count). The number of fused-ring (bicyclic) bond motifs is 10. The van der Waals surface area contributed by atoms with Crippen LogP contribution in [-0.4, -0.2) is 11.0 Å². The van der Waals surface area contributed by atoms with Crippen molar-refractivity contribution in [1.29, 1.82) is 0 Å². The Labute approximate surface area is 375 Å². The molecule has 0 spiro atoms. The third-order valence-corrected chi connectivity index (χ3v) is 12.9. The molecule has 8 aromatic carbocycles. The minimum Gasteiger partial charge on any atom is -0.456 e. The molecule has 308 valence electrons. The van der Waals surface area contributed by atoms with Crippen LogP contribution in [0.15, 0.2) is 233 Å².